The van der Waals surface area contributed by atoms with Crippen LogP contribution >= 0.6 is 0 Å². The van der Waals surface area contributed by atoms with E-state index in [2.05, 4.69) is 35.7 Å². The third kappa shape index (κ3) is 32.5. The molecule has 582 valence electrons. The molecule has 0 spiro atoms. The molecular formula is C75H123N3O21S3. The molecule has 0 N–H and O–H groups in total. The number of hydrogen-bond acceptors (Lipinski definition) is 24. The molecule has 4 rings (SSSR count). The Hall–Kier alpha value is -5.52. The van der Waals surface area contributed by atoms with Crippen LogP contribution in [0.15, 0.2) is 66.6 Å². The van der Waals surface area contributed by atoms with Gasteiger partial charge in [0.05, 0.1) is 59.5 Å². The molecule has 102 heavy (non-hydrogen) atoms. The molecule has 0 fully saturated rings. The van der Waals surface area contributed by atoms with Gasteiger partial charge in [-0.15, -0.1) is 0 Å². The van der Waals surface area contributed by atoms with E-state index < -0.39 is 59.7 Å². The Morgan fingerprint density at radius 2 is 0.382 bits per heavy atom. The van der Waals surface area contributed by atoms with Crippen LogP contribution in [0.25, 0.3) is 0 Å². The predicted octanol–water partition coefficient (Wildman–Crippen LogP) is 15.4. The molecule has 4 aromatic rings. The van der Waals surface area contributed by atoms with Crippen LogP contribution in [0.4, 0.5) is 0 Å². The summed E-state index contributed by atoms with van der Waals surface area (Å²) >= 11 is 0. The molecule has 0 aliphatic carbocycles. The highest BCUT2D eigenvalue weighted by Crippen LogP contribution is 2.44. The Bertz CT molecular complexity index is 2900. The smallest absolute Gasteiger partial charge is 0.257 e. The molecular weight excluding hydrogens is 1380 g/mol. The van der Waals surface area contributed by atoms with Gasteiger partial charge in [-0.05, 0) is 19.3 Å². The first kappa shape index (κ1) is 88.9. The van der Waals surface area contributed by atoms with Gasteiger partial charge in [0.1, 0.15) is 71.6 Å². The first-order valence-electron chi connectivity index (χ1n) is 37.3. The molecule has 1 heterocycles. The number of hydrogen-bond donors (Lipinski definition) is 0. The summed E-state index contributed by atoms with van der Waals surface area (Å²) in [6.45, 7) is 6.87. The van der Waals surface area contributed by atoms with Crippen LogP contribution in [0, 0.1) is 0 Å². The molecule has 0 saturated carbocycles. The number of unbranched alkanes of at least 4 members (excludes halogenated alkanes) is 27. The van der Waals surface area contributed by atoms with E-state index in [4.69, 9.17) is 71.1 Å². The lowest BCUT2D eigenvalue weighted by atomic mass is 10.1. The van der Waals surface area contributed by atoms with Gasteiger partial charge >= 0.3 is 0 Å². The van der Waals surface area contributed by atoms with Crippen LogP contribution in [0.3, 0.4) is 0 Å². The van der Waals surface area contributed by atoms with E-state index in [0.29, 0.717) is 19.3 Å². The first-order valence-corrected chi connectivity index (χ1v) is 41.7. The van der Waals surface area contributed by atoms with Crippen LogP contribution in [0.2, 0.25) is 0 Å². The van der Waals surface area contributed by atoms with Gasteiger partial charge in [-0.2, -0.15) is 15.0 Å². The molecule has 1 aromatic heterocycles. The molecule has 0 atom stereocenters. The zero-order valence-corrected chi connectivity index (χ0v) is 65.4. The number of aromatic nitrogens is 3. The number of rotatable bonds is 66. The second-order valence-electron chi connectivity index (χ2n) is 25.1. The van der Waals surface area contributed by atoms with Crippen LogP contribution in [0.5, 0.6) is 51.7 Å². The van der Waals surface area contributed by atoms with Crippen molar-refractivity contribution in [3.8, 4) is 51.7 Å². The van der Waals surface area contributed by atoms with Gasteiger partial charge < -0.3 is 71.1 Å². The van der Waals surface area contributed by atoms with E-state index in [0.717, 1.165) is 95.2 Å². The number of ether oxygens (including phenoxy) is 15. The summed E-state index contributed by atoms with van der Waals surface area (Å²) in [5, 5.41) is -3.96. The van der Waals surface area contributed by atoms with Gasteiger partial charge in [0.25, 0.3) is 15.5 Å². The van der Waals surface area contributed by atoms with E-state index >= 15 is 25.3 Å². The minimum atomic E-state index is -5.35. The maximum absolute atomic E-state index is 15.9. The normalized spacial score (nSPS) is 11.9. The fraction of sp³-hybridized carbons (Fsp3) is 0.720. The summed E-state index contributed by atoms with van der Waals surface area (Å²) in [6, 6.07) is 7.40. The average molecular weight is 1500 g/mol. The Morgan fingerprint density at radius 3 is 0.578 bits per heavy atom. The maximum Gasteiger partial charge on any atom is 0.257 e. The van der Waals surface area contributed by atoms with Crippen molar-refractivity contribution in [3.05, 3.63) is 36.4 Å². The van der Waals surface area contributed by atoms with E-state index in [9.17, 15) is 0 Å². The van der Waals surface area contributed by atoms with Crippen molar-refractivity contribution in [3.63, 3.8) is 0 Å². The van der Waals surface area contributed by atoms with E-state index in [1.165, 1.54) is 157 Å². The molecule has 0 aliphatic heterocycles. The fourth-order valence-electron chi connectivity index (χ4n) is 10.9. The van der Waals surface area contributed by atoms with E-state index in [-0.39, 0.29) is 151 Å². The molecule has 0 aliphatic rings. The molecule has 0 radical (unpaired) electrons. The molecule has 0 saturated heterocycles. The lowest BCUT2D eigenvalue weighted by molar-refractivity contribution is 0.140. The fourth-order valence-corrected chi connectivity index (χ4v) is 14.9. The van der Waals surface area contributed by atoms with Gasteiger partial charge in [-0.25, -0.2) is 25.3 Å². The zero-order chi connectivity index (χ0) is 74.0. The molecule has 24 nitrogen and oxygen atoms in total. The molecule has 3 aromatic carbocycles. The molecule has 0 amide bonds. The van der Waals surface area contributed by atoms with E-state index in [1.807, 2.05) is 0 Å². The van der Waals surface area contributed by atoms with Gasteiger partial charge in [0, 0.05) is 79.1 Å². The Balaban J connectivity index is 2.02. The SMILES string of the molecule is CCCCCCCCCCCCOc1cc(OCCOC)c(S(=O)(=O)c2nc(S(=O)(=O)c3cc(OCCOC)c(OCCCCCCCCCCCC)cc3OCCOC)nc(S(=O)(=O)c3cc(OCCOC)c(OCCCCCCCCCCCC)cc3OCCOC)n2)cc1OCCOC. The monoisotopic (exact) mass is 1500 g/mol. The third-order valence-electron chi connectivity index (χ3n) is 16.7. The quantitative estimate of drug-likeness (QED) is 0.0371. The van der Waals surface area contributed by atoms with Gasteiger partial charge in [0.2, 0.25) is 29.5 Å². The largest absolute Gasteiger partial charge is 0.490 e. The maximum atomic E-state index is 15.9. The lowest BCUT2D eigenvalue weighted by Crippen LogP contribution is -2.21. The summed E-state index contributed by atoms with van der Waals surface area (Å²) in [7, 11) is -7.32. The van der Waals surface area contributed by atoms with Crippen molar-refractivity contribution < 1.29 is 96.3 Å². The molecule has 0 bridgehead atoms. The number of benzene rings is 3. The standard InChI is InChI=1S/C75H123N3O21S3/c1-10-13-16-19-22-25-28-31-34-37-40-91-61-55-67(97-52-46-88-7)70(58-64(61)94-49-43-85-4)100(79,80)73-76-74(101(81,82)71-59-65(95-50-44-86-5)62(56-68(71)98-53-47-89-8)92-41-38-35-32-29-26-23-20-17-14-11-2)78-75(77-73)102(83,84)72-60-66(96-51-45-87-6)63(57-69(72)99-54-48-90-9)93-42-39-36-33-30-27-24-21-18-15-12-3/h55-60H,10-54H2,1-9H3. The van der Waals surface area contributed by atoms with Gasteiger partial charge in [-0.1, -0.05) is 194 Å². The summed E-state index contributed by atoms with van der Waals surface area (Å²) in [5.41, 5.74) is 0. The van der Waals surface area contributed by atoms with Crippen LogP contribution in [0.1, 0.15) is 213 Å². The summed E-state index contributed by atoms with van der Waals surface area (Å²) in [4.78, 5) is 10.7. The summed E-state index contributed by atoms with van der Waals surface area (Å²) in [5.74, 6) is -0.735. The van der Waals surface area contributed by atoms with Gasteiger partial charge in [-0.3, -0.25) is 0 Å². The topological polar surface area (TPSA) is 280 Å². The predicted molar refractivity (Wildman–Crippen MR) is 392 cm³/mol. The second-order valence-corrected chi connectivity index (χ2v) is 30.5. The van der Waals surface area contributed by atoms with Crippen molar-refractivity contribution in [2.45, 2.75) is 244 Å². The Morgan fingerprint density at radius 1 is 0.216 bits per heavy atom. The lowest BCUT2D eigenvalue weighted by Gasteiger charge is -2.19. The van der Waals surface area contributed by atoms with Crippen molar-refractivity contribution >= 4 is 29.5 Å². The summed E-state index contributed by atoms with van der Waals surface area (Å²) in [6.07, 6.45) is 32.7. The highest BCUT2D eigenvalue weighted by Gasteiger charge is 2.38. The summed E-state index contributed by atoms with van der Waals surface area (Å²) < 4.78 is 183. The molecule has 0 unspecified atom stereocenters. The van der Waals surface area contributed by atoms with Crippen LogP contribution in [-0.2, 0) is 57.9 Å². The molecule has 27 heteroatoms. The van der Waals surface area contributed by atoms with Crippen LogP contribution < -0.4 is 42.6 Å². The number of sulfone groups is 3. The van der Waals surface area contributed by atoms with Gasteiger partial charge in [0.15, 0.2) is 34.5 Å². The minimum Gasteiger partial charge on any atom is -0.490 e. The first-order chi connectivity index (χ1) is 49.6. The average Bonchev–Trinajstić information content (AvgIpc) is 0.740. The highest BCUT2D eigenvalue weighted by molar-refractivity contribution is 7.92. The third-order valence-corrected chi connectivity index (χ3v) is 21.4. The second kappa shape index (κ2) is 53.3. The van der Waals surface area contributed by atoms with Crippen molar-refractivity contribution in [1.29, 1.82) is 0 Å². The van der Waals surface area contributed by atoms with Crippen molar-refractivity contribution in [2.24, 2.45) is 0 Å². The Kier molecular flexibility index (Phi) is 46.4. The van der Waals surface area contributed by atoms with Crippen LogP contribution in [-0.4, -0.2) is 182 Å². The Labute approximate surface area is 611 Å². The number of methoxy groups -OCH3 is 6. The zero-order valence-electron chi connectivity index (χ0n) is 62.9. The highest BCUT2D eigenvalue weighted by atomic mass is 32.2. The van der Waals surface area contributed by atoms with E-state index in [1.54, 1.807) is 0 Å². The number of nitrogens with zero attached hydrogens (tertiary/aromatic N) is 3. The minimum absolute atomic E-state index is 0.00109. The van der Waals surface area contributed by atoms with Crippen molar-refractivity contribution in [2.75, 3.05) is 142 Å². The van der Waals surface area contributed by atoms with Crippen molar-refractivity contribution in [1.82, 2.24) is 15.0 Å².